The average Bonchev–Trinajstić information content (AvgIpc) is 2.89. The van der Waals surface area contributed by atoms with Gasteiger partial charge in [0, 0.05) is 12.1 Å². The molecule has 1 heterocycles. The number of rotatable bonds is 4. The van der Waals surface area contributed by atoms with Gasteiger partial charge in [0.25, 0.3) is 5.69 Å². The third-order valence-electron chi connectivity index (χ3n) is 3.13. The van der Waals surface area contributed by atoms with Crippen LogP contribution in [0.1, 0.15) is 11.1 Å². The number of H-pyrrole nitrogens is 1. The summed E-state index contributed by atoms with van der Waals surface area (Å²) < 4.78 is 0. The Morgan fingerprint density at radius 1 is 1.27 bits per heavy atom. The van der Waals surface area contributed by atoms with E-state index in [1.165, 1.54) is 12.1 Å². The van der Waals surface area contributed by atoms with E-state index in [2.05, 4.69) is 20.5 Å². The van der Waals surface area contributed by atoms with E-state index in [0.29, 0.717) is 5.95 Å². The zero-order valence-corrected chi connectivity index (χ0v) is 11.8. The zero-order valence-electron chi connectivity index (χ0n) is 11.8. The molecule has 0 spiro atoms. The highest BCUT2D eigenvalue weighted by Gasteiger charge is 2.03. The molecule has 0 saturated carbocycles. The smallest absolute Gasteiger partial charge is 0.269 e. The van der Waals surface area contributed by atoms with Gasteiger partial charge in [-0.25, -0.2) is 10.4 Å². The molecule has 3 rings (SSSR count). The number of hydrazone groups is 1. The standard InChI is InChI=1S/C15H13N5O2/c1-10-2-7-13-14(8-10)18-15(17-13)19-16-9-11-3-5-12(6-4-11)20(21)22/h2-9H,1H3,(H2,17,18,19)/b16-9-. The molecule has 2 aromatic carbocycles. The Hall–Kier alpha value is -3.22. The number of benzene rings is 2. The predicted molar refractivity (Wildman–Crippen MR) is 85.1 cm³/mol. The van der Waals surface area contributed by atoms with Crippen LogP contribution in [0.25, 0.3) is 11.0 Å². The molecule has 1 aromatic heterocycles. The van der Waals surface area contributed by atoms with Gasteiger partial charge in [-0.3, -0.25) is 10.1 Å². The van der Waals surface area contributed by atoms with Crippen LogP contribution >= 0.6 is 0 Å². The lowest BCUT2D eigenvalue weighted by Gasteiger charge is -1.95. The van der Waals surface area contributed by atoms with Crippen molar-refractivity contribution in [1.82, 2.24) is 9.97 Å². The molecule has 0 unspecified atom stereocenters. The van der Waals surface area contributed by atoms with Gasteiger partial charge >= 0.3 is 0 Å². The van der Waals surface area contributed by atoms with Gasteiger partial charge in [-0.05, 0) is 42.3 Å². The van der Waals surface area contributed by atoms with Crippen molar-refractivity contribution in [1.29, 1.82) is 0 Å². The first-order chi connectivity index (χ1) is 10.6. The van der Waals surface area contributed by atoms with Crippen LogP contribution in [0.2, 0.25) is 0 Å². The van der Waals surface area contributed by atoms with Crippen LogP contribution in [0, 0.1) is 17.0 Å². The van der Waals surface area contributed by atoms with E-state index in [1.54, 1.807) is 18.3 Å². The van der Waals surface area contributed by atoms with Crippen molar-refractivity contribution in [2.45, 2.75) is 6.92 Å². The van der Waals surface area contributed by atoms with Crippen molar-refractivity contribution in [2.24, 2.45) is 5.10 Å². The van der Waals surface area contributed by atoms with Crippen LogP contribution in [0.5, 0.6) is 0 Å². The quantitative estimate of drug-likeness (QED) is 0.439. The normalized spacial score (nSPS) is 11.1. The molecular formula is C15H13N5O2. The van der Waals surface area contributed by atoms with E-state index in [0.717, 1.165) is 22.2 Å². The highest BCUT2D eigenvalue weighted by molar-refractivity contribution is 5.81. The summed E-state index contributed by atoms with van der Waals surface area (Å²) in [6.45, 7) is 2.01. The minimum absolute atomic E-state index is 0.0535. The molecule has 110 valence electrons. The Morgan fingerprint density at radius 2 is 2.05 bits per heavy atom. The number of aromatic amines is 1. The number of aromatic nitrogens is 2. The number of nitrogens with one attached hydrogen (secondary N) is 2. The van der Waals surface area contributed by atoms with Crippen LogP contribution in [0.15, 0.2) is 47.6 Å². The van der Waals surface area contributed by atoms with Gasteiger partial charge in [0.2, 0.25) is 5.95 Å². The van der Waals surface area contributed by atoms with E-state index >= 15 is 0 Å². The highest BCUT2D eigenvalue weighted by Crippen LogP contribution is 2.15. The summed E-state index contributed by atoms with van der Waals surface area (Å²) in [5, 5.41) is 14.6. The lowest BCUT2D eigenvalue weighted by molar-refractivity contribution is -0.384. The monoisotopic (exact) mass is 295 g/mol. The summed E-state index contributed by atoms with van der Waals surface area (Å²) in [5.74, 6) is 0.541. The van der Waals surface area contributed by atoms with Crippen molar-refractivity contribution < 1.29 is 4.92 Å². The van der Waals surface area contributed by atoms with E-state index in [4.69, 9.17) is 0 Å². The van der Waals surface area contributed by atoms with Gasteiger partial charge < -0.3 is 4.98 Å². The summed E-state index contributed by atoms with van der Waals surface area (Å²) in [7, 11) is 0. The van der Waals surface area contributed by atoms with Crippen molar-refractivity contribution in [3.63, 3.8) is 0 Å². The number of nitro groups is 1. The number of hydrogen-bond acceptors (Lipinski definition) is 5. The van der Waals surface area contributed by atoms with E-state index in [9.17, 15) is 10.1 Å². The van der Waals surface area contributed by atoms with E-state index in [-0.39, 0.29) is 5.69 Å². The second kappa shape index (κ2) is 5.65. The van der Waals surface area contributed by atoms with Crippen LogP contribution in [-0.2, 0) is 0 Å². The Kier molecular flexibility index (Phi) is 3.53. The Labute approximate surface area is 125 Å². The molecule has 3 aromatic rings. The number of fused-ring (bicyclic) bond motifs is 1. The third kappa shape index (κ3) is 2.93. The van der Waals surface area contributed by atoms with E-state index in [1.807, 2.05) is 25.1 Å². The first-order valence-electron chi connectivity index (χ1n) is 6.62. The minimum atomic E-state index is -0.435. The second-order valence-electron chi connectivity index (χ2n) is 4.82. The second-order valence-corrected chi connectivity index (χ2v) is 4.82. The van der Waals surface area contributed by atoms with Crippen LogP contribution in [0.4, 0.5) is 11.6 Å². The van der Waals surface area contributed by atoms with Crippen molar-refractivity contribution in [3.05, 3.63) is 63.7 Å². The SMILES string of the molecule is Cc1ccc2nc(N/N=C\c3ccc([N+](=O)[O-])cc3)[nH]c2c1. The molecular weight excluding hydrogens is 282 g/mol. The summed E-state index contributed by atoms with van der Waals surface area (Å²) in [6, 6.07) is 12.1. The summed E-state index contributed by atoms with van der Waals surface area (Å²) in [4.78, 5) is 17.6. The maximum absolute atomic E-state index is 10.6. The average molecular weight is 295 g/mol. The van der Waals surface area contributed by atoms with Crippen molar-refractivity contribution in [2.75, 3.05) is 5.43 Å². The molecule has 0 fully saturated rings. The number of nitro benzene ring substituents is 1. The number of anilines is 1. The Balaban J connectivity index is 1.71. The molecule has 7 nitrogen and oxygen atoms in total. The molecule has 0 atom stereocenters. The number of non-ortho nitro benzene ring substituents is 1. The number of aryl methyl sites for hydroxylation is 1. The lowest BCUT2D eigenvalue weighted by Crippen LogP contribution is -1.93. The summed E-state index contributed by atoms with van der Waals surface area (Å²) >= 11 is 0. The third-order valence-corrected chi connectivity index (χ3v) is 3.13. The van der Waals surface area contributed by atoms with Crippen molar-refractivity contribution in [3.8, 4) is 0 Å². The lowest BCUT2D eigenvalue weighted by atomic mass is 10.2. The van der Waals surface area contributed by atoms with Crippen LogP contribution in [0.3, 0.4) is 0 Å². The fourth-order valence-electron chi connectivity index (χ4n) is 2.03. The van der Waals surface area contributed by atoms with Gasteiger partial charge in [-0.15, -0.1) is 0 Å². The topological polar surface area (TPSA) is 96.2 Å². The number of nitrogens with zero attached hydrogens (tertiary/aromatic N) is 3. The summed E-state index contributed by atoms with van der Waals surface area (Å²) in [6.07, 6.45) is 1.57. The molecule has 0 radical (unpaired) electrons. The zero-order chi connectivity index (χ0) is 15.5. The number of hydrogen-bond donors (Lipinski definition) is 2. The van der Waals surface area contributed by atoms with Gasteiger partial charge in [-0.1, -0.05) is 6.07 Å². The maximum Gasteiger partial charge on any atom is 0.269 e. The largest absolute Gasteiger partial charge is 0.323 e. The maximum atomic E-state index is 10.6. The van der Waals surface area contributed by atoms with Crippen molar-refractivity contribution >= 4 is 28.9 Å². The minimum Gasteiger partial charge on any atom is -0.323 e. The molecule has 0 bridgehead atoms. The Morgan fingerprint density at radius 3 is 2.77 bits per heavy atom. The predicted octanol–water partition coefficient (Wildman–Crippen LogP) is 3.23. The van der Waals surface area contributed by atoms with Crippen LogP contribution < -0.4 is 5.43 Å². The molecule has 0 aliphatic rings. The molecule has 0 aliphatic heterocycles. The first-order valence-corrected chi connectivity index (χ1v) is 6.62. The molecule has 0 saturated heterocycles. The number of imidazole rings is 1. The van der Waals surface area contributed by atoms with Gasteiger partial charge in [0.05, 0.1) is 22.2 Å². The van der Waals surface area contributed by atoms with E-state index < -0.39 is 4.92 Å². The van der Waals surface area contributed by atoms with Gasteiger partial charge in [-0.2, -0.15) is 5.10 Å². The fourth-order valence-corrected chi connectivity index (χ4v) is 2.03. The van der Waals surface area contributed by atoms with Crippen LogP contribution in [-0.4, -0.2) is 21.1 Å². The Bertz CT molecular complexity index is 852. The molecule has 22 heavy (non-hydrogen) atoms. The summed E-state index contributed by atoms with van der Waals surface area (Å²) in [5.41, 5.74) is 6.56. The first kappa shape index (κ1) is 13.7. The fraction of sp³-hybridized carbons (Fsp3) is 0.0667. The van der Waals surface area contributed by atoms with Gasteiger partial charge in [0.1, 0.15) is 0 Å². The molecule has 0 aliphatic carbocycles. The van der Waals surface area contributed by atoms with Gasteiger partial charge in [0.15, 0.2) is 0 Å². The molecule has 2 N–H and O–H groups in total. The molecule has 0 amide bonds. The highest BCUT2D eigenvalue weighted by atomic mass is 16.6. The molecule has 7 heteroatoms.